The van der Waals surface area contributed by atoms with Gasteiger partial charge >= 0.3 is 0 Å². The quantitative estimate of drug-likeness (QED) is 0.632. The molecule has 0 N–H and O–H groups in total. The predicted octanol–water partition coefficient (Wildman–Crippen LogP) is 2.71. The lowest BCUT2D eigenvalue weighted by atomic mass is 10.2. The molecule has 1 aliphatic heterocycles. The molecule has 1 saturated heterocycles. The molecule has 1 fully saturated rings. The third kappa shape index (κ3) is 1.95. The summed E-state index contributed by atoms with van der Waals surface area (Å²) in [4.78, 5) is 15.3. The van der Waals surface area contributed by atoms with Gasteiger partial charge in [0.25, 0.3) is 0 Å². The molecule has 3 heterocycles. The number of rotatable bonds is 2. The molecule has 18 heavy (non-hydrogen) atoms. The van der Waals surface area contributed by atoms with Crippen LogP contribution in [0.25, 0.3) is 10.9 Å². The first-order valence-electron chi connectivity index (χ1n) is 5.90. The van der Waals surface area contributed by atoms with Crippen LogP contribution in [-0.4, -0.2) is 27.7 Å². The Labute approximate surface area is 112 Å². The number of carbonyl (C=O) groups excluding carboxylic acids is 1. The summed E-state index contributed by atoms with van der Waals surface area (Å²) in [6.07, 6.45) is 5.53. The first-order chi connectivity index (χ1) is 8.79. The molecule has 94 valence electrons. The number of halogens is 1. The second-order valence-electron chi connectivity index (χ2n) is 4.29. The molecule has 1 aliphatic rings. The standard InChI is InChI=1S/C12H12BrN3O2/c13-11-5-8-9(7-17)15-16(10(8)6-14-11)12-3-1-2-4-18-12/h5-7,12H,1-4H2/t12-/m1/s1. The summed E-state index contributed by atoms with van der Waals surface area (Å²) < 4.78 is 8.18. The highest BCUT2D eigenvalue weighted by molar-refractivity contribution is 9.10. The molecule has 2 aromatic heterocycles. The number of carbonyl (C=O) groups is 1. The van der Waals surface area contributed by atoms with Gasteiger partial charge in [-0.05, 0) is 41.3 Å². The Morgan fingerprint density at radius 2 is 2.39 bits per heavy atom. The average molecular weight is 310 g/mol. The molecule has 0 bridgehead atoms. The number of aldehydes is 1. The molecule has 1 atom stereocenters. The van der Waals surface area contributed by atoms with Crippen LogP contribution in [0.2, 0.25) is 0 Å². The van der Waals surface area contributed by atoms with Gasteiger partial charge in [0.1, 0.15) is 10.3 Å². The molecule has 0 radical (unpaired) electrons. The summed E-state index contributed by atoms with van der Waals surface area (Å²) in [7, 11) is 0. The topological polar surface area (TPSA) is 57.0 Å². The van der Waals surface area contributed by atoms with E-state index in [9.17, 15) is 4.79 Å². The highest BCUT2D eigenvalue weighted by atomic mass is 79.9. The molecular formula is C12H12BrN3O2. The minimum atomic E-state index is -0.0853. The van der Waals surface area contributed by atoms with Gasteiger partial charge in [-0.15, -0.1) is 0 Å². The van der Waals surface area contributed by atoms with Crippen LogP contribution in [0.5, 0.6) is 0 Å². The number of nitrogens with zero attached hydrogens (tertiary/aromatic N) is 3. The predicted molar refractivity (Wildman–Crippen MR) is 69.5 cm³/mol. The summed E-state index contributed by atoms with van der Waals surface area (Å²) in [5.41, 5.74) is 1.27. The van der Waals surface area contributed by atoms with Gasteiger partial charge in [0.2, 0.25) is 0 Å². The third-order valence-corrected chi connectivity index (χ3v) is 3.56. The Morgan fingerprint density at radius 3 is 3.11 bits per heavy atom. The smallest absolute Gasteiger partial charge is 0.170 e. The summed E-state index contributed by atoms with van der Waals surface area (Å²) in [6.45, 7) is 0.742. The van der Waals surface area contributed by atoms with E-state index in [0.717, 1.165) is 43.1 Å². The maximum absolute atomic E-state index is 11.1. The minimum absolute atomic E-state index is 0.0853. The summed E-state index contributed by atoms with van der Waals surface area (Å²) in [5, 5.41) is 5.14. The van der Waals surface area contributed by atoms with Crippen molar-refractivity contribution in [2.75, 3.05) is 6.61 Å². The van der Waals surface area contributed by atoms with Crippen molar-refractivity contribution in [1.29, 1.82) is 0 Å². The van der Waals surface area contributed by atoms with Gasteiger partial charge in [0.05, 0.1) is 11.7 Å². The van der Waals surface area contributed by atoms with E-state index in [4.69, 9.17) is 4.74 Å². The molecular weight excluding hydrogens is 298 g/mol. The molecule has 0 aliphatic carbocycles. The zero-order valence-electron chi connectivity index (χ0n) is 9.67. The lowest BCUT2D eigenvalue weighted by molar-refractivity contribution is -0.0367. The number of aromatic nitrogens is 3. The fraction of sp³-hybridized carbons (Fsp3) is 0.417. The van der Waals surface area contributed by atoms with E-state index < -0.39 is 0 Å². The first-order valence-corrected chi connectivity index (χ1v) is 6.69. The summed E-state index contributed by atoms with van der Waals surface area (Å²) in [5.74, 6) is 0. The van der Waals surface area contributed by atoms with Gasteiger partial charge in [-0.1, -0.05) is 0 Å². The molecule has 0 saturated carbocycles. The number of hydrogen-bond donors (Lipinski definition) is 0. The Balaban J connectivity index is 2.13. The van der Waals surface area contributed by atoms with Crippen LogP contribution < -0.4 is 0 Å². The van der Waals surface area contributed by atoms with E-state index in [1.54, 1.807) is 10.9 Å². The highest BCUT2D eigenvalue weighted by Crippen LogP contribution is 2.28. The van der Waals surface area contributed by atoms with Crippen molar-refractivity contribution in [3.63, 3.8) is 0 Å². The van der Waals surface area contributed by atoms with Gasteiger partial charge in [0, 0.05) is 12.0 Å². The number of ether oxygens (including phenoxy) is 1. The van der Waals surface area contributed by atoms with E-state index >= 15 is 0 Å². The average Bonchev–Trinajstić information content (AvgIpc) is 2.77. The summed E-state index contributed by atoms with van der Waals surface area (Å²) >= 11 is 3.31. The van der Waals surface area contributed by atoms with E-state index in [-0.39, 0.29) is 6.23 Å². The van der Waals surface area contributed by atoms with Crippen LogP contribution in [-0.2, 0) is 4.74 Å². The van der Waals surface area contributed by atoms with Crippen LogP contribution in [0.3, 0.4) is 0 Å². The Morgan fingerprint density at radius 1 is 1.50 bits per heavy atom. The molecule has 0 amide bonds. The van der Waals surface area contributed by atoms with Crippen molar-refractivity contribution >= 4 is 33.1 Å². The maximum Gasteiger partial charge on any atom is 0.170 e. The largest absolute Gasteiger partial charge is 0.356 e. The van der Waals surface area contributed by atoms with E-state index in [1.165, 1.54) is 0 Å². The molecule has 0 aromatic carbocycles. The van der Waals surface area contributed by atoms with Gasteiger partial charge in [-0.25, -0.2) is 9.67 Å². The van der Waals surface area contributed by atoms with E-state index in [1.807, 2.05) is 6.07 Å². The van der Waals surface area contributed by atoms with Crippen molar-refractivity contribution in [2.24, 2.45) is 0 Å². The lowest BCUT2D eigenvalue weighted by Crippen LogP contribution is -2.19. The number of pyridine rings is 1. The lowest BCUT2D eigenvalue weighted by Gasteiger charge is -2.23. The molecule has 0 spiro atoms. The number of hydrogen-bond acceptors (Lipinski definition) is 4. The van der Waals surface area contributed by atoms with Crippen molar-refractivity contribution in [3.05, 3.63) is 22.6 Å². The molecule has 0 unspecified atom stereocenters. The van der Waals surface area contributed by atoms with Crippen molar-refractivity contribution in [3.8, 4) is 0 Å². The molecule has 2 aromatic rings. The monoisotopic (exact) mass is 309 g/mol. The highest BCUT2D eigenvalue weighted by Gasteiger charge is 2.21. The van der Waals surface area contributed by atoms with Gasteiger partial charge in [0.15, 0.2) is 12.5 Å². The van der Waals surface area contributed by atoms with Crippen LogP contribution in [0, 0.1) is 0 Å². The first kappa shape index (κ1) is 11.8. The van der Waals surface area contributed by atoms with Crippen LogP contribution in [0.15, 0.2) is 16.9 Å². The second kappa shape index (κ2) is 4.78. The Bertz CT molecular complexity index is 590. The SMILES string of the molecule is O=Cc1nn([C@H]2CCCCO2)c2cnc(Br)cc12. The van der Waals surface area contributed by atoms with Crippen LogP contribution in [0.4, 0.5) is 0 Å². The molecule has 5 nitrogen and oxygen atoms in total. The zero-order valence-corrected chi connectivity index (χ0v) is 11.3. The number of fused-ring (bicyclic) bond motifs is 1. The normalized spacial score (nSPS) is 20.2. The second-order valence-corrected chi connectivity index (χ2v) is 5.11. The Kier molecular flexibility index (Phi) is 3.13. The Hall–Kier alpha value is -1.27. The van der Waals surface area contributed by atoms with Crippen molar-refractivity contribution in [2.45, 2.75) is 25.5 Å². The zero-order chi connectivity index (χ0) is 12.5. The summed E-state index contributed by atoms with van der Waals surface area (Å²) in [6, 6.07) is 1.81. The minimum Gasteiger partial charge on any atom is -0.356 e. The van der Waals surface area contributed by atoms with E-state index in [0.29, 0.717) is 10.3 Å². The van der Waals surface area contributed by atoms with E-state index in [2.05, 4.69) is 26.0 Å². The van der Waals surface area contributed by atoms with Crippen LogP contribution >= 0.6 is 15.9 Å². The molecule has 3 rings (SSSR count). The fourth-order valence-corrected chi connectivity index (χ4v) is 2.59. The van der Waals surface area contributed by atoms with Gasteiger partial charge in [-0.3, -0.25) is 4.79 Å². The fourth-order valence-electron chi connectivity index (χ4n) is 2.26. The van der Waals surface area contributed by atoms with Gasteiger partial charge < -0.3 is 4.74 Å². The third-order valence-electron chi connectivity index (χ3n) is 3.13. The van der Waals surface area contributed by atoms with Crippen molar-refractivity contribution < 1.29 is 9.53 Å². The van der Waals surface area contributed by atoms with Crippen molar-refractivity contribution in [1.82, 2.24) is 14.8 Å². The molecule has 6 heteroatoms. The van der Waals surface area contributed by atoms with Crippen LogP contribution in [0.1, 0.15) is 36.0 Å². The van der Waals surface area contributed by atoms with Gasteiger partial charge in [-0.2, -0.15) is 5.10 Å². The maximum atomic E-state index is 11.1.